The topological polar surface area (TPSA) is 0 Å². The highest BCUT2D eigenvalue weighted by atomic mass is 32.2. The molecule has 2 heteroatoms. The summed E-state index contributed by atoms with van der Waals surface area (Å²) in [6, 6.07) is 8.51. The molecule has 0 amide bonds. The molecule has 0 spiro atoms. The Bertz CT molecular complexity index is 475. The van der Waals surface area contributed by atoms with Crippen LogP contribution in [0.15, 0.2) is 24.3 Å². The van der Waals surface area contributed by atoms with Crippen molar-refractivity contribution in [2.45, 2.75) is 43.4 Å². The number of benzene rings is 1. The lowest BCUT2D eigenvalue weighted by Gasteiger charge is -2.42. The molecule has 1 heterocycles. The quantitative estimate of drug-likeness (QED) is 0.658. The van der Waals surface area contributed by atoms with Gasteiger partial charge in [-0.05, 0) is 42.2 Å². The second kappa shape index (κ2) is 5.46. The molecule has 1 unspecified atom stereocenters. The van der Waals surface area contributed by atoms with Gasteiger partial charge in [0.05, 0.1) is 4.08 Å². The molecule has 0 N–H and O–H groups in total. The molecule has 2 atom stereocenters. The first-order valence-electron chi connectivity index (χ1n) is 6.74. The molecule has 2 rings (SSSR count). The first kappa shape index (κ1) is 14.9. The van der Waals surface area contributed by atoms with Crippen LogP contribution < -0.4 is 0 Å². The highest BCUT2D eigenvalue weighted by Crippen LogP contribution is 2.56. The van der Waals surface area contributed by atoms with E-state index in [1.807, 2.05) is 0 Å². The monoisotopic (exact) mass is 290 g/mol. The van der Waals surface area contributed by atoms with Crippen LogP contribution in [0.2, 0.25) is 0 Å². The van der Waals surface area contributed by atoms with Gasteiger partial charge >= 0.3 is 0 Å². The third-order valence-electron chi connectivity index (χ3n) is 3.67. The Morgan fingerprint density at radius 2 is 1.89 bits per heavy atom. The Morgan fingerprint density at radius 3 is 2.42 bits per heavy atom. The lowest BCUT2D eigenvalue weighted by Crippen LogP contribution is -2.32. The molecule has 1 aliphatic rings. The molecule has 0 radical (unpaired) electrons. The van der Waals surface area contributed by atoms with Crippen molar-refractivity contribution in [2.24, 2.45) is 5.41 Å². The average Bonchev–Trinajstić information content (AvgIpc) is 2.38. The molecule has 0 aliphatic carbocycles. The fourth-order valence-electron chi connectivity index (χ4n) is 2.36. The fourth-order valence-corrected chi connectivity index (χ4v) is 5.83. The minimum atomic E-state index is 0.156. The highest BCUT2D eigenvalue weighted by molar-refractivity contribution is 8.18. The second-order valence-electron chi connectivity index (χ2n) is 6.28. The van der Waals surface area contributed by atoms with Crippen LogP contribution in [-0.4, -0.2) is 11.0 Å². The molecule has 102 valence electrons. The summed E-state index contributed by atoms with van der Waals surface area (Å²) in [5.74, 6) is 3.93. The lowest BCUT2D eigenvalue weighted by molar-refractivity contribution is 0.386. The van der Waals surface area contributed by atoms with Gasteiger partial charge in [0.15, 0.2) is 0 Å². The molecule has 0 aromatic heterocycles. The maximum Gasteiger partial charge on any atom is 0.0835 e. The van der Waals surface area contributed by atoms with E-state index >= 15 is 0 Å². The molecule has 1 saturated heterocycles. The van der Waals surface area contributed by atoms with Gasteiger partial charge < -0.3 is 0 Å². The zero-order valence-corrected chi connectivity index (χ0v) is 13.8. The Morgan fingerprint density at radius 1 is 1.26 bits per heavy atom. The number of hydrogen-bond donors (Lipinski definition) is 0. The van der Waals surface area contributed by atoms with Crippen LogP contribution in [0.25, 0.3) is 0 Å². The molecular weight excluding hydrogens is 268 g/mol. The smallest absolute Gasteiger partial charge is 0.0835 e. The van der Waals surface area contributed by atoms with E-state index in [2.05, 4.69) is 81.4 Å². The summed E-state index contributed by atoms with van der Waals surface area (Å²) in [7, 11) is 0. The molecule has 1 aromatic rings. The fraction of sp³-hybridized carbons (Fsp3) is 0.529. The Hall–Kier alpha value is -0.520. The summed E-state index contributed by atoms with van der Waals surface area (Å²) in [5.41, 5.74) is 2.71. The predicted molar refractivity (Wildman–Crippen MR) is 89.6 cm³/mol. The van der Waals surface area contributed by atoms with E-state index in [-0.39, 0.29) is 4.08 Å². The minimum absolute atomic E-state index is 0.156. The maximum atomic E-state index is 5.43. The molecule has 1 aliphatic heterocycles. The second-order valence-corrected chi connectivity index (χ2v) is 9.67. The van der Waals surface area contributed by atoms with Crippen LogP contribution in [-0.2, 0) is 4.08 Å². The molecule has 1 fully saturated rings. The number of terminal acetylenes is 1. The van der Waals surface area contributed by atoms with E-state index < -0.39 is 0 Å². The van der Waals surface area contributed by atoms with Crippen LogP contribution in [0.5, 0.6) is 0 Å². The third-order valence-corrected chi connectivity index (χ3v) is 7.45. The molecule has 1 aromatic carbocycles. The van der Waals surface area contributed by atoms with Gasteiger partial charge in [0, 0.05) is 10.8 Å². The standard InChI is InChI=1S/C17H22S2/c1-6-13-7-9-14(10-8-13)17(5)18-12-11-15(19-17)16(2,3)4/h1,7-10,15H,11-12H2,2-5H3/t15?,17-/m0/s1. The van der Waals surface area contributed by atoms with E-state index in [0.717, 1.165) is 5.56 Å². The van der Waals surface area contributed by atoms with E-state index in [0.29, 0.717) is 10.7 Å². The van der Waals surface area contributed by atoms with Gasteiger partial charge in [-0.2, -0.15) is 0 Å². The summed E-state index contributed by atoms with van der Waals surface area (Å²) in [4.78, 5) is 0. The predicted octanol–water partition coefficient (Wildman–Crippen LogP) is 5.13. The van der Waals surface area contributed by atoms with Crippen LogP contribution in [0.3, 0.4) is 0 Å². The number of rotatable bonds is 1. The Balaban J connectivity index is 2.24. The molecule has 19 heavy (non-hydrogen) atoms. The van der Waals surface area contributed by atoms with Crippen molar-refractivity contribution in [2.75, 3.05) is 5.75 Å². The average molecular weight is 290 g/mol. The van der Waals surface area contributed by atoms with Crippen molar-refractivity contribution in [3.05, 3.63) is 35.4 Å². The van der Waals surface area contributed by atoms with E-state index in [1.165, 1.54) is 17.7 Å². The van der Waals surface area contributed by atoms with E-state index in [1.54, 1.807) is 0 Å². The van der Waals surface area contributed by atoms with Crippen molar-refractivity contribution in [3.8, 4) is 12.3 Å². The van der Waals surface area contributed by atoms with Gasteiger partial charge in [-0.3, -0.25) is 0 Å². The van der Waals surface area contributed by atoms with Crippen molar-refractivity contribution in [1.29, 1.82) is 0 Å². The molecular formula is C17H22S2. The van der Waals surface area contributed by atoms with Crippen LogP contribution in [0.1, 0.15) is 45.2 Å². The first-order valence-corrected chi connectivity index (χ1v) is 8.60. The van der Waals surface area contributed by atoms with Crippen molar-refractivity contribution < 1.29 is 0 Å². The van der Waals surface area contributed by atoms with Gasteiger partial charge in [0.1, 0.15) is 0 Å². The normalized spacial score (nSPS) is 27.8. The summed E-state index contributed by atoms with van der Waals surface area (Å²) < 4.78 is 0.156. The SMILES string of the molecule is C#Cc1ccc([C@@]2(C)SCCC(C(C)(C)C)S2)cc1. The molecule has 0 nitrogen and oxygen atoms in total. The van der Waals surface area contributed by atoms with Crippen molar-refractivity contribution in [3.63, 3.8) is 0 Å². The zero-order valence-electron chi connectivity index (χ0n) is 12.2. The maximum absolute atomic E-state index is 5.43. The van der Waals surface area contributed by atoms with Gasteiger partial charge in [-0.1, -0.05) is 38.8 Å². The molecule has 0 saturated carbocycles. The summed E-state index contributed by atoms with van der Waals surface area (Å²) in [6.07, 6.45) is 6.73. The lowest BCUT2D eigenvalue weighted by atomic mass is 9.90. The van der Waals surface area contributed by atoms with E-state index in [4.69, 9.17) is 6.42 Å². The first-order chi connectivity index (χ1) is 8.85. The van der Waals surface area contributed by atoms with Crippen LogP contribution >= 0.6 is 23.5 Å². The van der Waals surface area contributed by atoms with Crippen LogP contribution in [0.4, 0.5) is 0 Å². The van der Waals surface area contributed by atoms with Crippen molar-refractivity contribution in [1.82, 2.24) is 0 Å². The van der Waals surface area contributed by atoms with Gasteiger partial charge in [0.2, 0.25) is 0 Å². The van der Waals surface area contributed by atoms with Crippen molar-refractivity contribution >= 4 is 23.5 Å². The summed E-state index contributed by atoms with van der Waals surface area (Å²) in [6.45, 7) is 9.40. The highest BCUT2D eigenvalue weighted by Gasteiger charge is 2.39. The summed E-state index contributed by atoms with van der Waals surface area (Å²) in [5, 5.41) is 0.714. The van der Waals surface area contributed by atoms with Gasteiger partial charge in [-0.25, -0.2) is 0 Å². The number of hydrogen-bond acceptors (Lipinski definition) is 2. The summed E-state index contributed by atoms with van der Waals surface area (Å²) >= 11 is 4.18. The van der Waals surface area contributed by atoms with Gasteiger partial charge in [-0.15, -0.1) is 29.9 Å². The number of thioether (sulfide) groups is 2. The molecule has 0 bridgehead atoms. The largest absolute Gasteiger partial charge is 0.140 e. The Labute approximate surface area is 126 Å². The third kappa shape index (κ3) is 3.33. The Kier molecular flexibility index (Phi) is 4.28. The van der Waals surface area contributed by atoms with Gasteiger partial charge in [0.25, 0.3) is 0 Å². The van der Waals surface area contributed by atoms with Crippen LogP contribution in [0, 0.1) is 17.8 Å². The van der Waals surface area contributed by atoms with E-state index in [9.17, 15) is 0 Å². The zero-order chi connectivity index (χ0) is 14.1. The minimum Gasteiger partial charge on any atom is -0.140 e.